The molecule has 20 heavy (non-hydrogen) atoms. The van der Waals surface area contributed by atoms with Crippen LogP contribution < -0.4 is 0 Å². The zero-order valence-corrected chi connectivity index (χ0v) is 11.8. The maximum absolute atomic E-state index is 12.4. The van der Waals surface area contributed by atoms with E-state index >= 15 is 0 Å². The second kappa shape index (κ2) is 5.90. The molecule has 106 valence electrons. The minimum absolute atomic E-state index is 0.168. The zero-order valence-electron chi connectivity index (χ0n) is 11.8. The van der Waals surface area contributed by atoms with Crippen LogP contribution in [0.1, 0.15) is 12.5 Å². The lowest BCUT2D eigenvalue weighted by molar-refractivity contribution is -0.151. The van der Waals surface area contributed by atoms with Crippen LogP contribution in [0.2, 0.25) is 0 Å². The number of hydrogen-bond acceptors (Lipinski definition) is 3. The highest BCUT2D eigenvalue weighted by Crippen LogP contribution is 2.31. The molecule has 0 N–H and O–H groups in total. The largest absolute Gasteiger partial charge is 0.468 e. The van der Waals surface area contributed by atoms with Crippen LogP contribution in [-0.4, -0.2) is 30.4 Å². The van der Waals surface area contributed by atoms with Gasteiger partial charge in [-0.05, 0) is 12.5 Å². The van der Waals surface area contributed by atoms with Gasteiger partial charge in [-0.15, -0.1) is 0 Å². The second-order valence-corrected chi connectivity index (χ2v) is 5.16. The third-order valence-electron chi connectivity index (χ3n) is 3.70. The molecular formula is C16H19NO3. The van der Waals surface area contributed by atoms with Crippen LogP contribution in [0.25, 0.3) is 0 Å². The highest BCUT2D eigenvalue weighted by atomic mass is 16.5. The average molecular weight is 273 g/mol. The summed E-state index contributed by atoms with van der Waals surface area (Å²) < 4.78 is 4.76. The topological polar surface area (TPSA) is 46.6 Å². The number of rotatable bonds is 4. The number of likely N-dealkylation sites (tertiary alicyclic amines) is 1. The monoisotopic (exact) mass is 273 g/mol. The molecule has 2 rings (SSSR count). The Balaban J connectivity index is 2.19. The summed E-state index contributed by atoms with van der Waals surface area (Å²) in [4.78, 5) is 25.9. The summed E-state index contributed by atoms with van der Waals surface area (Å²) in [5.41, 5.74) is 1.89. The minimum Gasteiger partial charge on any atom is -0.468 e. The number of nitrogens with zero attached hydrogens (tertiary/aromatic N) is 1. The van der Waals surface area contributed by atoms with E-state index in [4.69, 9.17) is 4.74 Å². The Labute approximate surface area is 119 Å². The van der Waals surface area contributed by atoms with Gasteiger partial charge in [0, 0.05) is 19.0 Å². The van der Waals surface area contributed by atoms with Crippen LogP contribution in [0.3, 0.4) is 0 Å². The van der Waals surface area contributed by atoms with Crippen molar-refractivity contribution in [3.05, 3.63) is 48.0 Å². The number of esters is 1. The molecule has 0 aliphatic carbocycles. The number of amides is 1. The number of benzene rings is 1. The van der Waals surface area contributed by atoms with Gasteiger partial charge in [0.15, 0.2) is 0 Å². The fraction of sp³-hybridized carbons (Fsp3) is 0.375. The van der Waals surface area contributed by atoms with E-state index in [1.165, 1.54) is 7.11 Å². The lowest BCUT2D eigenvalue weighted by atomic mass is 9.90. The molecule has 0 unspecified atom stereocenters. The molecule has 1 heterocycles. The van der Waals surface area contributed by atoms with Crippen molar-refractivity contribution in [2.24, 2.45) is 11.8 Å². The Morgan fingerprint density at radius 3 is 2.60 bits per heavy atom. The number of carbonyl (C=O) groups is 2. The fourth-order valence-corrected chi connectivity index (χ4v) is 2.58. The third-order valence-corrected chi connectivity index (χ3v) is 3.70. The number of carbonyl (C=O) groups excluding carboxylic acids is 2. The molecule has 0 aromatic heterocycles. The van der Waals surface area contributed by atoms with Gasteiger partial charge >= 0.3 is 5.97 Å². The summed E-state index contributed by atoms with van der Waals surface area (Å²) >= 11 is 0. The van der Waals surface area contributed by atoms with E-state index in [0.29, 0.717) is 13.1 Å². The minimum atomic E-state index is -0.749. The Morgan fingerprint density at radius 1 is 1.40 bits per heavy atom. The highest BCUT2D eigenvalue weighted by molar-refractivity contribution is 6.00. The molecule has 1 fully saturated rings. The Hall–Kier alpha value is -2.10. The quantitative estimate of drug-likeness (QED) is 0.479. The Bertz CT molecular complexity index is 524. The van der Waals surface area contributed by atoms with Gasteiger partial charge in [-0.3, -0.25) is 9.59 Å². The molecule has 4 nitrogen and oxygen atoms in total. The summed E-state index contributed by atoms with van der Waals surface area (Å²) in [6, 6.07) is 9.74. The van der Waals surface area contributed by atoms with Gasteiger partial charge in [0.2, 0.25) is 5.91 Å². The predicted molar refractivity (Wildman–Crippen MR) is 75.7 cm³/mol. The maximum atomic E-state index is 12.4. The van der Waals surface area contributed by atoms with Gasteiger partial charge in [0.1, 0.15) is 5.92 Å². The zero-order chi connectivity index (χ0) is 14.7. The lowest BCUT2D eigenvalue weighted by Gasteiger charge is -2.16. The van der Waals surface area contributed by atoms with Crippen LogP contribution in [-0.2, 0) is 20.9 Å². The highest BCUT2D eigenvalue weighted by Gasteiger charge is 2.45. The first kappa shape index (κ1) is 14.3. The van der Waals surface area contributed by atoms with Crippen LogP contribution in [0.15, 0.2) is 42.5 Å². The van der Waals surface area contributed by atoms with Crippen molar-refractivity contribution in [1.29, 1.82) is 0 Å². The SMILES string of the molecule is C=C(C)[C@H]1CN(Cc2ccccc2)C(=O)[C@@H]1C(=O)OC. The summed E-state index contributed by atoms with van der Waals surface area (Å²) in [5, 5.41) is 0. The molecule has 1 amide bonds. The first-order valence-electron chi connectivity index (χ1n) is 6.60. The molecule has 1 aliphatic rings. The predicted octanol–water partition coefficient (Wildman–Crippen LogP) is 2.01. The second-order valence-electron chi connectivity index (χ2n) is 5.16. The molecule has 1 aromatic rings. The van der Waals surface area contributed by atoms with Crippen molar-refractivity contribution in [2.45, 2.75) is 13.5 Å². The van der Waals surface area contributed by atoms with Crippen molar-refractivity contribution < 1.29 is 14.3 Å². The van der Waals surface area contributed by atoms with Crippen molar-refractivity contribution in [3.63, 3.8) is 0 Å². The molecule has 4 heteroatoms. The van der Waals surface area contributed by atoms with E-state index in [-0.39, 0.29) is 11.8 Å². The average Bonchev–Trinajstić information content (AvgIpc) is 2.77. The molecule has 2 atom stereocenters. The van der Waals surface area contributed by atoms with Crippen molar-refractivity contribution in [3.8, 4) is 0 Å². The summed E-state index contributed by atoms with van der Waals surface area (Å²) in [5.74, 6) is -1.56. The van der Waals surface area contributed by atoms with Crippen LogP contribution in [0.5, 0.6) is 0 Å². The fourth-order valence-electron chi connectivity index (χ4n) is 2.58. The van der Waals surface area contributed by atoms with Gasteiger partial charge in [-0.25, -0.2) is 0 Å². The van der Waals surface area contributed by atoms with Crippen molar-refractivity contribution >= 4 is 11.9 Å². The molecule has 0 radical (unpaired) electrons. The lowest BCUT2D eigenvalue weighted by Crippen LogP contribution is -2.31. The smallest absolute Gasteiger partial charge is 0.318 e. The summed E-state index contributed by atoms with van der Waals surface area (Å²) in [6.07, 6.45) is 0. The van der Waals surface area contributed by atoms with E-state index in [0.717, 1.165) is 11.1 Å². The van der Waals surface area contributed by atoms with Crippen LogP contribution in [0.4, 0.5) is 0 Å². The molecule has 1 saturated heterocycles. The molecule has 1 aliphatic heterocycles. The van der Waals surface area contributed by atoms with E-state index in [2.05, 4.69) is 6.58 Å². The van der Waals surface area contributed by atoms with Gasteiger partial charge in [-0.1, -0.05) is 42.5 Å². The number of ether oxygens (including phenoxy) is 1. The van der Waals surface area contributed by atoms with Gasteiger partial charge in [0.05, 0.1) is 7.11 Å². The summed E-state index contributed by atoms with van der Waals surface area (Å²) in [7, 11) is 1.31. The Morgan fingerprint density at radius 2 is 2.05 bits per heavy atom. The standard InChI is InChI=1S/C16H19NO3/c1-11(2)13-10-17(9-12-7-5-4-6-8-12)15(18)14(13)16(19)20-3/h4-8,13-14H,1,9-10H2,2-3H3/t13-,14-/m1/s1. The van der Waals surface area contributed by atoms with Crippen LogP contribution >= 0.6 is 0 Å². The summed E-state index contributed by atoms with van der Waals surface area (Å²) in [6.45, 7) is 6.77. The van der Waals surface area contributed by atoms with Gasteiger partial charge in [0.25, 0.3) is 0 Å². The molecular weight excluding hydrogens is 254 g/mol. The third kappa shape index (κ3) is 2.74. The Kier molecular flexibility index (Phi) is 4.23. The van der Waals surface area contributed by atoms with E-state index in [1.807, 2.05) is 37.3 Å². The molecule has 0 bridgehead atoms. The number of methoxy groups -OCH3 is 1. The van der Waals surface area contributed by atoms with Crippen molar-refractivity contribution in [2.75, 3.05) is 13.7 Å². The maximum Gasteiger partial charge on any atom is 0.318 e. The van der Waals surface area contributed by atoms with Crippen molar-refractivity contribution in [1.82, 2.24) is 4.90 Å². The van der Waals surface area contributed by atoms with Gasteiger partial charge < -0.3 is 9.64 Å². The normalized spacial score (nSPS) is 21.9. The van der Waals surface area contributed by atoms with Crippen LogP contribution in [0, 0.1) is 11.8 Å². The molecule has 0 spiro atoms. The number of hydrogen-bond donors (Lipinski definition) is 0. The first-order valence-corrected chi connectivity index (χ1v) is 6.60. The van der Waals surface area contributed by atoms with Gasteiger partial charge in [-0.2, -0.15) is 0 Å². The first-order chi connectivity index (χ1) is 9.54. The van der Waals surface area contributed by atoms with E-state index in [9.17, 15) is 9.59 Å². The van der Waals surface area contributed by atoms with E-state index in [1.54, 1.807) is 4.90 Å². The van der Waals surface area contributed by atoms with E-state index < -0.39 is 11.9 Å². The molecule has 0 saturated carbocycles. The molecule has 1 aromatic carbocycles.